The number of carbonyl (C=O) groups is 3. The number of carboxylic acids is 1. The second-order valence-electron chi connectivity index (χ2n) is 11.5. The maximum Gasteiger partial charge on any atom is 0.325 e. The van der Waals surface area contributed by atoms with E-state index in [0.717, 1.165) is 52.3 Å². The quantitative estimate of drug-likeness (QED) is 0.0840. The summed E-state index contributed by atoms with van der Waals surface area (Å²) in [5.74, 6) is -1.00. The molecule has 0 aliphatic rings. The van der Waals surface area contributed by atoms with E-state index in [2.05, 4.69) is 22.2 Å². The molecule has 2 aromatic heterocycles. The summed E-state index contributed by atoms with van der Waals surface area (Å²) >= 11 is 1.43. The number of aliphatic carboxylic acids is 1. The maximum atomic E-state index is 13.1. The van der Waals surface area contributed by atoms with E-state index in [4.69, 9.17) is 4.74 Å². The Bertz CT molecular complexity index is 1570. The van der Waals surface area contributed by atoms with Gasteiger partial charge < -0.3 is 15.2 Å². The van der Waals surface area contributed by atoms with Crippen LogP contribution in [0.4, 0.5) is 0 Å². The number of benzene rings is 2. The summed E-state index contributed by atoms with van der Waals surface area (Å²) in [7, 11) is 0. The van der Waals surface area contributed by atoms with Crippen LogP contribution in [0.25, 0.3) is 22.5 Å². The van der Waals surface area contributed by atoms with Crippen LogP contribution >= 0.6 is 11.3 Å². The third-order valence-corrected chi connectivity index (χ3v) is 9.14. The molecule has 0 bridgehead atoms. The van der Waals surface area contributed by atoms with Crippen molar-refractivity contribution >= 4 is 29.0 Å². The molecule has 4 rings (SSSR count). The molecular formula is C37H43N3O5S. The second kappa shape index (κ2) is 17.4. The van der Waals surface area contributed by atoms with E-state index in [0.29, 0.717) is 10.7 Å². The molecule has 0 radical (unpaired) electrons. The van der Waals surface area contributed by atoms with Crippen LogP contribution in [0.1, 0.15) is 79.4 Å². The summed E-state index contributed by atoms with van der Waals surface area (Å²) < 4.78 is 5.88. The van der Waals surface area contributed by atoms with Gasteiger partial charge in [-0.25, -0.2) is 9.97 Å². The average Bonchev–Trinajstić information content (AvgIpc) is 3.56. The van der Waals surface area contributed by atoms with E-state index < -0.39 is 23.8 Å². The Hall–Kier alpha value is -4.37. The van der Waals surface area contributed by atoms with E-state index in [1.54, 1.807) is 18.5 Å². The zero-order valence-electron chi connectivity index (χ0n) is 26.8. The van der Waals surface area contributed by atoms with Crippen LogP contribution in [-0.2, 0) is 22.4 Å². The Kier molecular flexibility index (Phi) is 13.0. The first-order valence-corrected chi connectivity index (χ1v) is 16.9. The number of unbranched alkanes of at least 4 members (excludes halogenated alkanes) is 4. The van der Waals surface area contributed by atoms with Crippen LogP contribution in [0.3, 0.4) is 0 Å². The number of rotatable bonds is 18. The Morgan fingerprint density at radius 2 is 1.52 bits per heavy atom. The fourth-order valence-corrected chi connectivity index (χ4v) is 5.93. The standard InChI is InChI=1S/C37H43N3O5S/c1-4-6-7-8-9-20-45-31-16-14-27(15-17-31)30-23-38-35(39-24-30)28-12-10-26(11-13-28)21-29(36(42)40-25(3)37(43)44)22-33(41)34-19-18-32(5-2)46-34/h10-19,23-25,29H,4-9,20-22H2,1-3H3,(H,40,42)(H,43,44)/t25-,29-/m1/s1. The van der Waals surface area contributed by atoms with E-state index in [-0.39, 0.29) is 18.6 Å². The fraction of sp³-hybridized carbons (Fsp3) is 0.378. The van der Waals surface area contributed by atoms with E-state index in [9.17, 15) is 19.5 Å². The number of aromatic nitrogens is 2. The Labute approximate surface area is 275 Å². The van der Waals surface area contributed by atoms with Crippen molar-refractivity contribution in [3.63, 3.8) is 0 Å². The maximum absolute atomic E-state index is 13.1. The molecule has 0 spiro atoms. The Morgan fingerprint density at radius 1 is 0.848 bits per heavy atom. The second-order valence-corrected chi connectivity index (χ2v) is 12.7. The molecule has 1 amide bonds. The van der Waals surface area contributed by atoms with Crippen LogP contribution in [0.2, 0.25) is 0 Å². The summed E-state index contributed by atoms with van der Waals surface area (Å²) in [6.07, 6.45) is 10.7. The third kappa shape index (κ3) is 10.1. The van der Waals surface area contributed by atoms with Gasteiger partial charge in [-0.05, 0) is 61.6 Å². The van der Waals surface area contributed by atoms with Gasteiger partial charge >= 0.3 is 5.97 Å². The first kappa shape index (κ1) is 34.5. The van der Waals surface area contributed by atoms with Gasteiger partial charge in [-0.15, -0.1) is 11.3 Å². The molecule has 2 atom stereocenters. The van der Waals surface area contributed by atoms with E-state index >= 15 is 0 Å². The van der Waals surface area contributed by atoms with E-state index in [1.165, 1.54) is 43.9 Å². The van der Waals surface area contributed by atoms with Gasteiger partial charge in [-0.1, -0.05) is 75.9 Å². The van der Waals surface area contributed by atoms with Gasteiger partial charge in [-0.2, -0.15) is 0 Å². The zero-order valence-corrected chi connectivity index (χ0v) is 27.6. The van der Waals surface area contributed by atoms with Crippen molar-refractivity contribution in [2.45, 2.75) is 78.2 Å². The molecule has 0 unspecified atom stereocenters. The largest absolute Gasteiger partial charge is 0.494 e. The molecule has 9 heteroatoms. The molecule has 0 aliphatic heterocycles. The van der Waals surface area contributed by atoms with Crippen molar-refractivity contribution in [1.29, 1.82) is 0 Å². The van der Waals surface area contributed by atoms with Gasteiger partial charge in [0.05, 0.1) is 11.5 Å². The SMILES string of the molecule is CCCCCCCOc1ccc(-c2cnc(-c3ccc(C[C@H](CC(=O)c4ccc(CC)s4)C(=O)N[C@H](C)C(=O)O)cc3)nc2)cc1. The lowest BCUT2D eigenvalue weighted by molar-refractivity contribution is -0.141. The lowest BCUT2D eigenvalue weighted by atomic mass is 9.92. The van der Waals surface area contributed by atoms with Crippen LogP contribution in [0, 0.1) is 5.92 Å². The molecule has 4 aromatic rings. The zero-order chi connectivity index (χ0) is 32.9. The molecule has 0 saturated carbocycles. The molecule has 2 N–H and O–H groups in total. The number of carbonyl (C=O) groups excluding carboxylic acids is 2. The fourth-order valence-electron chi connectivity index (χ4n) is 5.03. The Balaban J connectivity index is 1.38. The number of Topliss-reactive ketones (excluding diaryl/α,β-unsaturated/α-hetero) is 1. The first-order valence-electron chi connectivity index (χ1n) is 16.1. The number of hydrogen-bond acceptors (Lipinski definition) is 7. The lowest BCUT2D eigenvalue weighted by Gasteiger charge is -2.18. The van der Waals surface area contributed by atoms with Crippen LogP contribution in [-0.4, -0.2) is 45.4 Å². The highest BCUT2D eigenvalue weighted by Gasteiger charge is 2.26. The number of ketones is 1. The number of amides is 1. The molecule has 242 valence electrons. The highest BCUT2D eigenvalue weighted by molar-refractivity contribution is 7.14. The smallest absolute Gasteiger partial charge is 0.325 e. The summed E-state index contributed by atoms with van der Waals surface area (Å²) in [6.45, 7) is 6.38. The van der Waals surface area contributed by atoms with Gasteiger partial charge in [0.1, 0.15) is 11.8 Å². The molecule has 2 heterocycles. The van der Waals surface area contributed by atoms with Crippen molar-refractivity contribution in [1.82, 2.24) is 15.3 Å². The minimum atomic E-state index is -1.13. The molecule has 2 aromatic carbocycles. The summed E-state index contributed by atoms with van der Waals surface area (Å²) in [4.78, 5) is 48.4. The first-order chi connectivity index (χ1) is 22.3. The predicted molar refractivity (Wildman–Crippen MR) is 182 cm³/mol. The molecule has 0 fully saturated rings. The summed E-state index contributed by atoms with van der Waals surface area (Å²) in [6, 6.07) is 18.2. The topological polar surface area (TPSA) is 118 Å². The normalized spacial score (nSPS) is 12.3. The minimum Gasteiger partial charge on any atom is -0.494 e. The van der Waals surface area contributed by atoms with Crippen molar-refractivity contribution in [2.75, 3.05) is 6.61 Å². The van der Waals surface area contributed by atoms with Crippen molar-refractivity contribution in [3.05, 3.63) is 88.4 Å². The van der Waals surface area contributed by atoms with E-state index in [1.807, 2.05) is 61.5 Å². The van der Waals surface area contributed by atoms with Gasteiger partial charge in [0, 0.05) is 40.7 Å². The number of nitrogens with one attached hydrogen (secondary N) is 1. The molecule has 0 saturated heterocycles. The van der Waals surface area contributed by atoms with Crippen molar-refractivity contribution in [3.8, 4) is 28.3 Å². The predicted octanol–water partition coefficient (Wildman–Crippen LogP) is 7.80. The average molecular weight is 642 g/mol. The highest BCUT2D eigenvalue weighted by Crippen LogP contribution is 2.25. The molecule has 0 aliphatic carbocycles. The lowest BCUT2D eigenvalue weighted by Crippen LogP contribution is -2.42. The molecule has 46 heavy (non-hydrogen) atoms. The number of thiophene rings is 1. The van der Waals surface area contributed by atoms with Gasteiger partial charge in [0.25, 0.3) is 0 Å². The number of aryl methyl sites for hydroxylation is 1. The van der Waals surface area contributed by atoms with Crippen LogP contribution in [0.15, 0.2) is 73.1 Å². The highest BCUT2D eigenvalue weighted by atomic mass is 32.1. The van der Waals surface area contributed by atoms with Gasteiger partial charge in [-0.3, -0.25) is 14.4 Å². The number of hydrogen-bond donors (Lipinski definition) is 2. The molecule has 8 nitrogen and oxygen atoms in total. The number of nitrogens with zero attached hydrogens (tertiary/aromatic N) is 2. The van der Waals surface area contributed by atoms with Gasteiger partial charge in [0.15, 0.2) is 11.6 Å². The van der Waals surface area contributed by atoms with Crippen molar-refractivity contribution < 1.29 is 24.2 Å². The Morgan fingerprint density at radius 3 is 2.15 bits per heavy atom. The van der Waals surface area contributed by atoms with Gasteiger partial charge in [0.2, 0.25) is 5.91 Å². The van der Waals surface area contributed by atoms with Crippen LogP contribution < -0.4 is 10.1 Å². The minimum absolute atomic E-state index is 0.0136. The molecular weight excluding hydrogens is 598 g/mol. The number of ether oxygens (including phenoxy) is 1. The summed E-state index contributed by atoms with van der Waals surface area (Å²) in [5.41, 5.74) is 3.57. The third-order valence-electron chi connectivity index (χ3n) is 7.87. The monoisotopic (exact) mass is 641 g/mol. The summed E-state index contributed by atoms with van der Waals surface area (Å²) in [5, 5.41) is 11.8. The van der Waals surface area contributed by atoms with Crippen molar-refractivity contribution in [2.24, 2.45) is 5.92 Å². The number of carboxylic acid groups (broad SMARTS) is 1. The van der Waals surface area contributed by atoms with Crippen LogP contribution in [0.5, 0.6) is 5.75 Å².